The molecule has 2 unspecified atom stereocenters. The molecule has 0 spiro atoms. The van der Waals surface area contributed by atoms with Gasteiger partial charge in [-0.15, -0.1) is 12.4 Å². The molecule has 0 aromatic heterocycles. The molecule has 0 bridgehead atoms. The molecule has 2 N–H and O–H groups in total. The molecule has 0 aliphatic carbocycles. The molecule has 21 heavy (non-hydrogen) atoms. The van der Waals surface area contributed by atoms with Gasteiger partial charge in [0.1, 0.15) is 5.75 Å². The van der Waals surface area contributed by atoms with Gasteiger partial charge in [0.15, 0.2) is 0 Å². The highest BCUT2D eigenvalue weighted by Gasteiger charge is 2.32. The molecule has 118 valence electrons. The predicted octanol–water partition coefficient (Wildman–Crippen LogP) is 1.40. The number of halogens is 1. The average Bonchev–Trinajstić information content (AvgIpc) is 2.89. The number of hydrogen-bond acceptors (Lipinski definition) is 4. The van der Waals surface area contributed by atoms with Crippen LogP contribution < -0.4 is 10.5 Å². The minimum Gasteiger partial charge on any atom is -0.493 e. The number of ether oxygens (including phenoxy) is 1. The molecular weight excluding hydrogens is 312 g/mol. The van der Waals surface area contributed by atoms with E-state index in [9.17, 15) is 8.42 Å². The minimum absolute atomic E-state index is 0. The minimum atomic E-state index is -3.42. The van der Waals surface area contributed by atoms with Crippen molar-refractivity contribution >= 4 is 22.4 Å². The smallest absolute Gasteiger partial charge is 0.243 e. The quantitative estimate of drug-likeness (QED) is 0.888. The Balaban J connectivity index is 0.00000161. The molecule has 0 saturated carbocycles. The van der Waals surface area contributed by atoms with Gasteiger partial charge in [0.05, 0.1) is 11.5 Å². The van der Waals surface area contributed by atoms with E-state index >= 15 is 0 Å². The van der Waals surface area contributed by atoms with E-state index in [-0.39, 0.29) is 24.4 Å². The maximum absolute atomic E-state index is 12.7. The van der Waals surface area contributed by atoms with Crippen LogP contribution in [-0.2, 0) is 16.4 Å². The molecule has 0 radical (unpaired) electrons. The lowest BCUT2D eigenvalue weighted by Gasteiger charge is -2.34. The van der Waals surface area contributed by atoms with E-state index in [0.29, 0.717) is 31.0 Å². The van der Waals surface area contributed by atoms with Crippen molar-refractivity contribution in [1.29, 1.82) is 0 Å². The topological polar surface area (TPSA) is 72.6 Å². The van der Waals surface area contributed by atoms with Gasteiger partial charge in [-0.05, 0) is 36.1 Å². The van der Waals surface area contributed by atoms with Crippen LogP contribution in [0.2, 0.25) is 0 Å². The fourth-order valence-electron chi connectivity index (χ4n) is 2.82. The van der Waals surface area contributed by atoms with Gasteiger partial charge in [-0.3, -0.25) is 0 Å². The second-order valence-electron chi connectivity index (χ2n) is 5.66. The fraction of sp³-hybridized carbons (Fsp3) is 0.571. The third-order valence-corrected chi connectivity index (χ3v) is 6.09. The zero-order valence-electron chi connectivity index (χ0n) is 12.0. The normalized spacial score (nSPS) is 25.8. The third-order valence-electron chi connectivity index (χ3n) is 4.23. The van der Waals surface area contributed by atoms with Crippen LogP contribution in [0.4, 0.5) is 0 Å². The van der Waals surface area contributed by atoms with Gasteiger partial charge in [-0.1, -0.05) is 6.92 Å². The van der Waals surface area contributed by atoms with Crippen molar-refractivity contribution < 1.29 is 13.2 Å². The molecule has 5 nitrogen and oxygen atoms in total. The summed E-state index contributed by atoms with van der Waals surface area (Å²) in [5.41, 5.74) is 6.94. The number of nitrogens with two attached hydrogens (primary N) is 1. The number of hydrogen-bond donors (Lipinski definition) is 1. The number of piperidine rings is 1. The molecule has 2 aliphatic heterocycles. The molecule has 1 aromatic rings. The van der Waals surface area contributed by atoms with Crippen molar-refractivity contribution in [3.63, 3.8) is 0 Å². The average molecular weight is 333 g/mol. The van der Waals surface area contributed by atoms with E-state index in [2.05, 4.69) is 0 Å². The summed E-state index contributed by atoms with van der Waals surface area (Å²) in [6, 6.07) is 5.24. The number of fused-ring (bicyclic) bond motifs is 1. The highest BCUT2D eigenvalue weighted by atomic mass is 35.5. The molecular formula is C14H21ClN2O3S. The molecule has 2 atom stereocenters. The summed E-state index contributed by atoms with van der Waals surface area (Å²) in [7, 11) is -3.42. The monoisotopic (exact) mass is 332 g/mol. The van der Waals surface area contributed by atoms with Crippen molar-refractivity contribution in [1.82, 2.24) is 4.31 Å². The number of benzene rings is 1. The molecule has 0 amide bonds. The standard InChI is InChI=1S/C14H20N2O3S.ClH/c1-10-9-16(6-4-13(10)15)20(17,18)12-2-3-14-11(8-12)5-7-19-14;/h2-3,8,10,13H,4-7,9,15H2,1H3;1H. The lowest BCUT2D eigenvalue weighted by atomic mass is 9.96. The summed E-state index contributed by atoms with van der Waals surface area (Å²) < 4.78 is 32.3. The Hall–Kier alpha value is -0.820. The lowest BCUT2D eigenvalue weighted by Crippen LogP contribution is -2.48. The summed E-state index contributed by atoms with van der Waals surface area (Å²) in [5, 5.41) is 0. The second kappa shape index (κ2) is 6.12. The Morgan fingerprint density at radius 2 is 2.14 bits per heavy atom. The van der Waals surface area contributed by atoms with Gasteiger partial charge in [0, 0.05) is 25.6 Å². The van der Waals surface area contributed by atoms with Gasteiger partial charge in [-0.25, -0.2) is 8.42 Å². The predicted molar refractivity (Wildman–Crippen MR) is 83.4 cm³/mol. The van der Waals surface area contributed by atoms with Crippen LogP contribution in [0.3, 0.4) is 0 Å². The highest BCUT2D eigenvalue weighted by molar-refractivity contribution is 7.89. The van der Waals surface area contributed by atoms with Crippen molar-refractivity contribution in [3.05, 3.63) is 23.8 Å². The van der Waals surface area contributed by atoms with Gasteiger partial charge >= 0.3 is 0 Å². The van der Waals surface area contributed by atoms with Crippen LogP contribution >= 0.6 is 12.4 Å². The van der Waals surface area contributed by atoms with Gasteiger partial charge in [-0.2, -0.15) is 4.31 Å². The maximum Gasteiger partial charge on any atom is 0.243 e. The van der Waals surface area contributed by atoms with Crippen molar-refractivity contribution in [2.75, 3.05) is 19.7 Å². The molecule has 7 heteroatoms. The lowest BCUT2D eigenvalue weighted by molar-refractivity contribution is 0.250. The Bertz CT molecular complexity index is 621. The summed E-state index contributed by atoms with van der Waals surface area (Å²) in [4.78, 5) is 0.365. The summed E-state index contributed by atoms with van der Waals surface area (Å²) in [5.74, 6) is 0.995. The molecule has 2 heterocycles. The number of sulfonamides is 1. The van der Waals surface area contributed by atoms with Crippen molar-refractivity contribution in [3.8, 4) is 5.75 Å². The van der Waals surface area contributed by atoms with Gasteiger partial charge in [0.2, 0.25) is 10.0 Å². The Morgan fingerprint density at radius 3 is 2.86 bits per heavy atom. The zero-order valence-corrected chi connectivity index (χ0v) is 13.6. The molecule has 1 fully saturated rings. The summed E-state index contributed by atoms with van der Waals surface area (Å²) in [6.45, 7) is 3.63. The SMILES string of the molecule is CC1CN(S(=O)(=O)c2ccc3c(c2)CCO3)CCC1N.Cl. The summed E-state index contributed by atoms with van der Waals surface area (Å²) in [6.07, 6.45) is 1.49. The van der Waals surface area contributed by atoms with E-state index in [0.717, 1.165) is 17.7 Å². The molecule has 1 saturated heterocycles. The van der Waals surface area contributed by atoms with Crippen LogP contribution in [0, 0.1) is 5.92 Å². The van der Waals surface area contributed by atoms with E-state index in [4.69, 9.17) is 10.5 Å². The first-order chi connectivity index (χ1) is 9.48. The number of nitrogens with zero attached hydrogens (tertiary/aromatic N) is 1. The van der Waals surface area contributed by atoms with Gasteiger partial charge < -0.3 is 10.5 Å². The van der Waals surface area contributed by atoms with E-state index in [1.54, 1.807) is 22.5 Å². The first-order valence-corrected chi connectivity index (χ1v) is 8.44. The largest absolute Gasteiger partial charge is 0.493 e. The zero-order chi connectivity index (χ0) is 14.3. The Morgan fingerprint density at radius 1 is 1.38 bits per heavy atom. The van der Waals surface area contributed by atoms with Crippen LogP contribution in [-0.4, -0.2) is 38.5 Å². The highest BCUT2D eigenvalue weighted by Crippen LogP contribution is 2.30. The van der Waals surface area contributed by atoms with Crippen molar-refractivity contribution in [2.45, 2.75) is 30.7 Å². The third kappa shape index (κ3) is 3.04. The van der Waals surface area contributed by atoms with Crippen LogP contribution in [0.15, 0.2) is 23.1 Å². The van der Waals surface area contributed by atoms with Crippen molar-refractivity contribution in [2.24, 2.45) is 11.7 Å². The molecule has 1 aromatic carbocycles. The van der Waals surface area contributed by atoms with Crippen LogP contribution in [0.25, 0.3) is 0 Å². The Kier molecular flexibility index (Phi) is 4.82. The van der Waals surface area contributed by atoms with Crippen LogP contribution in [0.1, 0.15) is 18.9 Å². The van der Waals surface area contributed by atoms with E-state index in [1.807, 2.05) is 6.92 Å². The fourth-order valence-corrected chi connectivity index (χ4v) is 4.42. The first-order valence-electron chi connectivity index (χ1n) is 7.00. The van der Waals surface area contributed by atoms with Crippen LogP contribution in [0.5, 0.6) is 5.75 Å². The molecule has 2 aliphatic rings. The number of rotatable bonds is 2. The van der Waals surface area contributed by atoms with E-state index in [1.165, 1.54) is 0 Å². The summed E-state index contributed by atoms with van der Waals surface area (Å²) >= 11 is 0. The molecule has 3 rings (SSSR count). The van der Waals surface area contributed by atoms with E-state index < -0.39 is 10.0 Å². The second-order valence-corrected chi connectivity index (χ2v) is 7.60. The first kappa shape index (κ1) is 16.5. The maximum atomic E-state index is 12.7. The van der Waals surface area contributed by atoms with Gasteiger partial charge in [0.25, 0.3) is 0 Å². The Labute approximate surface area is 131 Å².